The molecule has 2 atom stereocenters. The third-order valence-electron chi connectivity index (χ3n) is 9.85. The van der Waals surface area contributed by atoms with Crippen molar-refractivity contribution in [3.05, 3.63) is 57.7 Å². The number of carbonyl (C=O) groups excluding carboxylic acids is 1. The number of hydrogen-bond acceptors (Lipinski definition) is 6. The van der Waals surface area contributed by atoms with Gasteiger partial charge in [-0.1, -0.05) is 30.7 Å². The van der Waals surface area contributed by atoms with Crippen molar-refractivity contribution in [2.45, 2.75) is 69.7 Å². The number of hydrogen-bond donors (Lipinski definition) is 2. The first-order valence-corrected chi connectivity index (χ1v) is 15.4. The molecule has 12 heteroatoms. The summed E-state index contributed by atoms with van der Waals surface area (Å²) in [6, 6.07) is 8.56. The van der Waals surface area contributed by atoms with Crippen LogP contribution < -0.4 is 5.56 Å². The molecule has 2 N–H and O–H groups in total. The molecule has 1 aromatic carbocycles. The Kier molecular flexibility index (Phi) is 6.83. The molecule has 4 fully saturated rings. The van der Waals surface area contributed by atoms with E-state index >= 15 is 0 Å². The van der Waals surface area contributed by atoms with E-state index in [4.69, 9.17) is 16.3 Å². The zero-order valence-corrected chi connectivity index (χ0v) is 24.9. The fourth-order valence-electron chi connectivity index (χ4n) is 6.59. The molecule has 2 aliphatic heterocycles. The topological polar surface area (TPSA) is 130 Å². The van der Waals surface area contributed by atoms with Gasteiger partial charge in [0.25, 0.3) is 5.56 Å². The van der Waals surface area contributed by atoms with Gasteiger partial charge in [0.1, 0.15) is 11.5 Å². The van der Waals surface area contributed by atoms with E-state index in [9.17, 15) is 24.6 Å². The normalized spacial score (nSPS) is 24.7. The minimum atomic E-state index is -1.12. The summed E-state index contributed by atoms with van der Waals surface area (Å²) >= 11 is 6.62. The summed E-state index contributed by atoms with van der Waals surface area (Å²) in [5.74, 6) is 0.612. The zero-order valence-electron chi connectivity index (χ0n) is 24.1. The number of carbonyl (C=O) groups is 2. The van der Waals surface area contributed by atoms with E-state index in [1.807, 2.05) is 36.1 Å². The van der Waals surface area contributed by atoms with Crippen molar-refractivity contribution in [3.8, 4) is 5.69 Å². The molecule has 0 spiro atoms. The van der Waals surface area contributed by atoms with Crippen LogP contribution in [0.3, 0.4) is 0 Å². The Hall–Kier alpha value is -3.41. The van der Waals surface area contributed by atoms with E-state index < -0.39 is 17.7 Å². The maximum absolute atomic E-state index is 13.5. The van der Waals surface area contributed by atoms with Crippen molar-refractivity contribution in [2.24, 2.45) is 11.3 Å². The van der Waals surface area contributed by atoms with E-state index in [0.717, 1.165) is 31.2 Å². The fourth-order valence-corrected chi connectivity index (χ4v) is 6.88. The van der Waals surface area contributed by atoms with Crippen LogP contribution in [0.5, 0.6) is 0 Å². The lowest BCUT2D eigenvalue weighted by Gasteiger charge is -2.39. The van der Waals surface area contributed by atoms with Crippen LogP contribution in [0.15, 0.2) is 41.5 Å². The molecule has 2 aromatic heterocycles. The average molecular weight is 610 g/mol. The molecule has 2 saturated carbocycles. The summed E-state index contributed by atoms with van der Waals surface area (Å²) in [7, 11) is 0. The van der Waals surface area contributed by atoms with Gasteiger partial charge in [-0.2, -0.15) is 0 Å². The first-order chi connectivity index (χ1) is 20.6. The third kappa shape index (κ3) is 5.21. The molecule has 0 radical (unpaired) electrons. The second-order valence-corrected chi connectivity index (χ2v) is 13.4. The number of carboxylic acid groups (broad SMARTS) is 1. The van der Waals surface area contributed by atoms with Gasteiger partial charge < -0.3 is 19.8 Å². The third-order valence-corrected chi connectivity index (χ3v) is 10.1. The van der Waals surface area contributed by atoms with Crippen molar-refractivity contribution in [2.75, 3.05) is 26.2 Å². The summed E-state index contributed by atoms with van der Waals surface area (Å²) < 4.78 is 9.13. The molecule has 228 valence electrons. The smallest absolute Gasteiger partial charge is 0.407 e. The van der Waals surface area contributed by atoms with Crippen LogP contribution in [0, 0.1) is 11.3 Å². The van der Waals surface area contributed by atoms with Gasteiger partial charge in [-0.15, -0.1) is 0 Å². The van der Waals surface area contributed by atoms with Crippen molar-refractivity contribution < 1.29 is 24.5 Å². The van der Waals surface area contributed by atoms with Crippen LogP contribution in [-0.4, -0.2) is 84.1 Å². The fraction of sp³-hybridized carbons (Fsp3) is 0.548. The number of morpholine rings is 1. The minimum absolute atomic E-state index is 0.0413. The lowest BCUT2D eigenvalue weighted by Crippen LogP contribution is -2.51. The van der Waals surface area contributed by atoms with Gasteiger partial charge in [-0.25, -0.2) is 9.78 Å². The number of ether oxygens (including phenoxy) is 1. The predicted molar refractivity (Wildman–Crippen MR) is 158 cm³/mol. The van der Waals surface area contributed by atoms with Crippen LogP contribution in [0.25, 0.3) is 16.7 Å². The highest BCUT2D eigenvalue weighted by Crippen LogP contribution is 2.47. The van der Waals surface area contributed by atoms with Gasteiger partial charge in [0.2, 0.25) is 5.91 Å². The molecule has 43 heavy (non-hydrogen) atoms. The Labute approximate surface area is 253 Å². The second kappa shape index (κ2) is 10.3. The molecular formula is C31H36ClN5O6. The quantitative estimate of drug-likeness (QED) is 0.434. The second-order valence-electron chi connectivity index (χ2n) is 13.0. The van der Waals surface area contributed by atoms with E-state index in [1.54, 1.807) is 10.6 Å². The summed E-state index contributed by atoms with van der Waals surface area (Å²) in [5.41, 5.74) is 0.231. The molecule has 4 aliphatic rings. The summed E-state index contributed by atoms with van der Waals surface area (Å²) in [4.78, 5) is 46.1. The molecule has 2 saturated heterocycles. The van der Waals surface area contributed by atoms with Gasteiger partial charge >= 0.3 is 6.09 Å². The highest BCUT2D eigenvalue weighted by molar-refractivity contribution is 6.31. The molecule has 0 bridgehead atoms. The molecule has 7 rings (SSSR count). The Morgan fingerprint density at radius 1 is 1.12 bits per heavy atom. The van der Waals surface area contributed by atoms with E-state index in [2.05, 4.69) is 4.98 Å². The zero-order chi connectivity index (χ0) is 30.1. The van der Waals surface area contributed by atoms with Gasteiger partial charge in [0.15, 0.2) is 5.65 Å². The highest BCUT2D eigenvalue weighted by atomic mass is 35.5. The Morgan fingerprint density at radius 2 is 1.81 bits per heavy atom. The molecule has 3 aromatic rings. The lowest BCUT2D eigenvalue weighted by molar-refractivity contribution is -0.141. The predicted octanol–water partition coefficient (Wildman–Crippen LogP) is 3.82. The van der Waals surface area contributed by atoms with E-state index in [-0.39, 0.29) is 29.5 Å². The largest absolute Gasteiger partial charge is 0.465 e. The van der Waals surface area contributed by atoms with Gasteiger partial charge in [0, 0.05) is 24.2 Å². The van der Waals surface area contributed by atoms with Crippen molar-refractivity contribution in [1.82, 2.24) is 23.9 Å². The number of amides is 2. The number of aliphatic hydroxyl groups is 1. The number of nitrogens with zero attached hydrogens (tertiary/aromatic N) is 5. The number of halogens is 1. The number of likely N-dealkylation sites (tertiary alicyclic amines) is 1. The highest BCUT2D eigenvalue weighted by Gasteiger charge is 2.48. The SMILES string of the molecule is CC1(C(=O)N2CCC(O)(Cn3cnc4c(cc(Cl)n4-c4ccc([C@H]5CO[C@H](C6CC6)CN5C(=O)O)cc4)c3=O)CC2)CC1. The molecule has 2 aliphatic carbocycles. The first-order valence-electron chi connectivity index (χ1n) is 15.0. The van der Waals surface area contributed by atoms with E-state index in [0.29, 0.717) is 66.9 Å². The van der Waals surface area contributed by atoms with Crippen LogP contribution in [0.1, 0.15) is 57.1 Å². The average Bonchev–Trinajstić information content (AvgIpc) is 3.93. The summed E-state index contributed by atoms with van der Waals surface area (Å²) in [6.45, 7) is 3.67. The van der Waals surface area contributed by atoms with Crippen LogP contribution in [-0.2, 0) is 16.1 Å². The standard InChI is InChI=1S/C31H36ClN5O6/c1-30(8-9-30)28(39)34-12-10-31(42,11-13-34)17-35-18-33-26-22(27(35)38)14-25(32)37(26)21-6-4-19(5-7-21)23-16-43-24(20-2-3-20)15-36(23)29(40)41/h4-7,14,18,20,23-24,42H,2-3,8-13,15-17H2,1H3,(H,40,41)/t23-,24+/m1/s1. The Bertz CT molecular complexity index is 1630. The summed E-state index contributed by atoms with van der Waals surface area (Å²) in [5, 5.41) is 21.8. The van der Waals surface area contributed by atoms with Crippen molar-refractivity contribution in [1.29, 1.82) is 0 Å². The monoisotopic (exact) mass is 609 g/mol. The number of aromatic nitrogens is 3. The van der Waals surface area contributed by atoms with E-state index in [1.165, 1.54) is 15.8 Å². The lowest BCUT2D eigenvalue weighted by atomic mass is 9.90. The Morgan fingerprint density at radius 3 is 2.44 bits per heavy atom. The van der Waals surface area contributed by atoms with Gasteiger partial charge in [0.05, 0.1) is 42.8 Å². The molecule has 0 unspecified atom stereocenters. The van der Waals surface area contributed by atoms with Crippen LogP contribution >= 0.6 is 11.6 Å². The molecule has 2 amide bonds. The maximum Gasteiger partial charge on any atom is 0.407 e. The maximum atomic E-state index is 13.5. The Balaban J connectivity index is 1.09. The molecule has 4 heterocycles. The van der Waals surface area contributed by atoms with Gasteiger partial charge in [-0.05, 0) is 68.2 Å². The molecular weight excluding hydrogens is 574 g/mol. The number of piperidine rings is 1. The number of rotatable bonds is 6. The minimum Gasteiger partial charge on any atom is -0.465 e. The summed E-state index contributed by atoms with van der Waals surface area (Å²) in [6.07, 6.45) is 5.22. The molecule has 11 nitrogen and oxygen atoms in total. The van der Waals surface area contributed by atoms with Crippen molar-refractivity contribution in [3.63, 3.8) is 0 Å². The van der Waals surface area contributed by atoms with Crippen molar-refractivity contribution >= 4 is 34.6 Å². The van der Waals surface area contributed by atoms with Crippen LogP contribution in [0.4, 0.5) is 4.79 Å². The van der Waals surface area contributed by atoms with Gasteiger partial charge in [-0.3, -0.25) is 23.6 Å². The first kappa shape index (κ1) is 28.4. The number of fused-ring (bicyclic) bond motifs is 1. The van der Waals surface area contributed by atoms with Crippen LogP contribution in [0.2, 0.25) is 5.15 Å². The number of benzene rings is 1.